The van der Waals surface area contributed by atoms with Gasteiger partial charge in [-0.05, 0) is 23.8 Å². The Morgan fingerprint density at radius 1 is 1.16 bits per heavy atom. The van der Waals surface area contributed by atoms with E-state index in [1.807, 2.05) is 0 Å². The zero-order valence-corrected chi connectivity index (χ0v) is 9.82. The van der Waals surface area contributed by atoms with Gasteiger partial charge in [0.15, 0.2) is 5.94 Å². The number of allylic oxidation sites excluding steroid dienone is 3. The summed E-state index contributed by atoms with van der Waals surface area (Å²) in [6, 6.07) is 5.31. The molecule has 5 heteroatoms. The Kier molecular flexibility index (Phi) is 3.58. The molecule has 0 aromatic heterocycles. The Hall–Kier alpha value is -2.26. The Labute approximate surface area is 108 Å². The number of alkyl halides is 3. The van der Waals surface area contributed by atoms with Crippen molar-refractivity contribution in [2.75, 3.05) is 0 Å². The second kappa shape index (κ2) is 5.16. The first-order chi connectivity index (χ1) is 9.02. The fourth-order valence-electron chi connectivity index (χ4n) is 1.83. The van der Waals surface area contributed by atoms with Crippen LogP contribution >= 0.6 is 0 Å². The van der Waals surface area contributed by atoms with E-state index in [2.05, 4.69) is 0 Å². The maximum atomic E-state index is 12.8. The molecular formula is C14H10F3NO. The topological polar surface area (TPSA) is 20.3 Å². The highest BCUT2D eigenvalue weighted by Crippen LogP contribution is 2.32. The summed E-state index contributed by atoms with van der Waals surface area (Å²) >= 11 is 0. The summed E-state index contributed by atoms with van der Waals surface area (Å²) in [4.78, 5) is 12.2. The SMILES string of the molecule is O=C=C1C=CC=CN1Cc1ccccc1C(F)(F)F. The van der Waals surface area contributed by atoms with Crippen LogP contribution in [0.2, 0.25) is 0 Å². The Balaban J connectivity index is 2.32. The van der Waals surface area contributed by atoms with Crippen molar-refractivity contribution < 1.29 is 18.0 Å². The molecule has 0 bridgehead atoms. The van der Waals surface area contributed by atoms with E-state index in [4.69, 9.17) is 0 Å². The third kappa shape index (κ3) is 2.95. The molecule has 0 amide bonds. The molecule has 0 spiro atoms. The average molecular weight is 265 g/mol. The summed E-state index contributed by atoms with van der Waals surface area (Å²) in [6.45, 7) is -0.0267. The molecule has 0 aliphatic carbocycles. The van der Waals surface area contributed by atoms with Crippen molar-refractivity contribution in [3.8, 4) is 0 Å². The first-order valence-corrected chi connectivity index (χ1v) is 5.54. The largest absolute Gasteiger partial charge is 0.416 e. The third-order valence-corrected chi connectivity index (χ3v) is 2.71. The van der Waals surface area contributed by atoms with Crippen molar-refractivity contribution >= 4 is 5.94 Å². The van der Waals surface area contributed by atoms with E-state index in [9.17, 15) is 18.0 Å². The van der Waals surface area contributed by atoms with Gasteiger partial charge in [0.2, 0.25) is 0 Å². The fraction of sp³-hybridized carbons (Fsp3) is 0.143. The molecule has 1 aliphatic rings. The van der Waals surface area contributed by atoms with E-state index in [0.717, 1.165) is 6.07 Å². The normalized spacial score (nSPS) is 14.7. The van der Waals surface area contributed by atoms with Gasteiger partial charge >= 0.3 is 6.18 Å². The molecule has 2 nitrogen and oxygen atoms in total. The summed E-state index contributed by atoms with van der Waals surface area (Å²) in [5.74, 6) is 1.71. The van der Waals surface area contributed by atoms with Gasteiger partial charge in [0, 0.05) is 12.7 Å². The molecule has 1 aromatic carbocycles. The van der Waals surface area contributed by atoms with Gasteiger partial charge in [0.25, 0.3) is 0 Å². The number of halogens is 3. The van der Waals surface area contributed by atoms with E-state index < -0.39 is 11.7 Å². The van der Waals surface area contributed by atoms with Crippen LogP contribution in [0.1, 0.15) is 11.1 Å². The maximum Gasteiger partial charge on any atom is 0.416 e. The van der Waals surface area contributed by atoms with Gasteiger partial charge < -0.3 is 4.90 Å². The summed E-state index contributed by atoms with van der Waals surface area (Å²) in [6.07, 6.45) is 1.93. The highest BCUT2D eigenvalue weighted by molar-refractivity contribution is 5.58. The van der Waals surface area contributed by atoms with Gasteiger partial charge in [0.1, 0.15) is 5.70 Å². The summed E-state index contributed by atoms with van der Waals surface area (Å²) in [7, 11) is 0. The molecule has 0 unspecified atom stereocenters. The van der Waals surface area contributed by atoms with Crippen LogP contribution in [-0.2, 0) is 17.5 Å². The first kappa shape index (κ1) is 13.2. The third-order valence-electron chi connectivity index (χ3n) is 2.71. The van der Waals surface area contributed by atoms with Crippen LogP contribution in [0.5, 0.6) is 0 Å². The molecule has 2 rings (SSSR count). The van der Waals surface area contributed by atoms with Gasteiger partial charge in [-0.2, -0.15) is 13.2 Å². The van der Waals surface area contributed by atoms with Crippen LogP contribution in [0.25, 0.3) is 0 Å². The predicted octanol–water partition coefficient (Wildman–Crippen LogP) is 3.31. The molecule has 0 N–H and O–H groups in total. The monoisotopic (exact) mass is 265 g/mol. The van der Waals surface area contributed by atoms with Crippen LogP contribution < -0.4 is 0 Å². The zero-order chi connectivity index (χ0) is 13.9. The molecule has 1 aliphatic heterocycles. The van der Waals surface area contributed by atoms with Crippen molar-refractivity contribution in [1.82, 2.24) is 4.90 Å². The number of nitrogens with zero attached hydrogens (tertiary/aromatic N) is 1. The summed E-state index contributed by atoms with van der Waals surface area (Å²) < 4.78 is 38.5. The van der Waals surface area contributed by atoms with E-state index in [1.165, 1.54) is 23.1 Å². The number of hydrogen-bond acceptors (Lipinski definition) is 2. The van der Waals surface area contributed by atoms with Crippen LogP contribution in [0.15, 0.2) is 54.4 Å². The van der Waals surface area contributed by atoms with Crippen molar-refractivity contribution in [2.45, 2.75) is 12.7 Å². The predicted molar refractivity (Wildman–Crippen MR) is 64.5 cm³/mol. The van der Waals surface area contributed by atoms with Gasteiger partial charge in [-0.15, -0.1) is 0 Å². The molecule has 0 fully saturated rings. The van der Waals surface area contributed by atoms with E-state index >= 15 is 0 Å². The van der Waals surface area contributed by atoms with Crippen LogP contribution in [0, 0.1) is 0 Å². The van der Waals surface area contributed by atoms with Crippen LogP contribution in [0.4, 0.5) is 13.2 Å². The van der Waals surface area contributed by atoms with Crippen molar-refractivity contribution in [2.24, 2.45) is 0 Å². The lowest BCUT2D eigenvalue weighted by atomic mass is 10.1. The van der Waals surface area contributed by atoms with E-state index in [-0.39, 0.29) is 17.8 Å². The van der Waals surface area contributed by atoms with Crippen molar-refractivity contribution in [1.29, 1.82) is 0 Å². The molecule has 0 atom stereocenters. The molecule has 98 valence electrons. The van der Waals surface area contributed by atoms with Gasteiger partial charge in [0.05, 0.1) is 5.56 Å². The lowest BCUT2D eigenvalue weighted by Gasteiger charge is -2.23. The molecule has 0 radical (unpaired) electrons. The smallest absolute Gasteiger partial charge is 0.335 e. The highest BCUT2D eigenvalue weighted by atomic mass is 19.4. The summed E-state index contributed by atoms with van der Waals surface area (Å²) in [5.41, 5.74) is -0.370. The molecular weight excluding hydrogens is 255 g/mol. The lowest BCUT2D eigenvalue weighted by molar-refractivity contribution is -0.138. The Morgan fingerprint density at radius 2 is 1.89 bits per heavy atom. The highest BCUT2D eigenvalue weighted by Gasteiger charge is 2.33. The fourth-order valence-corrected chi connectivity index (χ4v) is 1.83. The molecule has 0 saturated heterocycles. The standard InChI is InChI=1S/C14H10F3NO/c15-14(16,17)13-7-2-1-5-11(13)9-18-8-4-3-6-12(18)10-19/h1-8H,9H2. The maximum absolute atomic E-state index is 12.8. The van der Waals surface area contributed by atoms with Crippen LogP contribution in [-0.4, -0.2) is 10.8 Å². The molecule has 1 heterocycles. The molecule has 0 saturated carbocycles. The number of hydrogen-bond donors (Lipinski definition) is 0. The quantitative estimate of drug-likeness (QED) is 0.765. The Bertz CT molecular complexity index is 581. The molecule has 19 heavy (non-hydrogen) atoms. The minimum Gasteiger partial charge on any atom is -0.335 e. The minimum absolute atomic E-state index is 0.0267. The molecule has 1 aromatic rings. The number of carbonyl (C=O) groups excluding carboxylic acids is 1. The zero-order valence-electron chi connectivity index (χ0n) is 9.82. The number of benzene rings is 1. The van der Waals surface area contributed by atoms with Crippen molar-refractivity contribution in [3.05, 3.63) is 65.5 Å². The van der Waals surface area contributed by atoms with Crippen molar-refractivity contribution in [3.63, 3.8) is 0 Å². The van der Waals surface area contributed by atoms with Gasteiger partial charge in [-0.25, -0.2) is 4.79 Å². The minimum atomic E-state index is -4.41. The first-order valence-electron chi connectivity index (χ1n) is 5.54. The van der Waals surface area contributed by atoms with Crippen LogP contribution in [0.3, 0.4) is 0 Å². The lowest BCUT2D eigenvalue weighted by Crippen LogP contribution is -2.20. The van der Waals surface area contributed by atoms with Gasteiger partial charge in [-0.3, -0.25) is 0 Å². The second-order valence-corrected chi connectivity index (χ2v) is 3.97. The Morgan fingerprint density at radius 3 is 2.58 bits per heavy atom. The number of rotatable bonds is 2. The van der Waals surface area contributed by atoms with E-state index in [0.29, 0.717) is 0 Å². The average Bonchev–Trinajstić information content (AvgIpc) is 2.39. The second-order valence-electron chi connectivity index (χ2n) is 3.97. The summed E-state index contributed by atoms with van der Waals surface area (Å²) in [5, 5.41) is 0. The van der Waals surface area contributed by atoms with E-state index in [1.54, 1.807) is 30.4 Å². The van der Waals surface area contributed by atoms with Gasteiger partial charge in [-0.1, -0.05) is 24.3 Å².